The fraction of sp³-hybridized carbons (Fsp3) is 0.114. The first-order valence-corrected chi connectivity index (χ1v) is 14.1. The molecule has 0 spiro atoms. The normalized spacial score (nSPS) is 11.6. The number of hydrogen-bond donors (Lipinski definition) is 1. The van der Waals surface area contributed by atoms with Crippen LogP contribution in [0.2, 0.25) is 0 Å². The van der Waals surface area contributed by atoms with Crippen LogP contribution in [0, 0.1) is 0 Å². The fourth-order valence-corrected chi connectivity index (χ4v) is 4.99. The highest BCUT2D eigenvalue weighted by atomic mass is 16.5. The summed E-state index contributed by atoms with van der Waals surface area (Å²) in [6.07, 6.45) is 3.88. The quantitative estimate of drug-likeness (QED) is 0.242. The number of nitrogens with zero attached hydrogens (tertiary/aromatic N) is 5. The number of nitrogens with one attached hydrogen (secondary N) is 1. The van der Waals surface area contributed by atoms with Gasteiger partial charge in [0.15, 0.2) is 0 Å². The molecule has 0 aliphatic carbocycles. The van der Waals surface area contributed by atoms with Crippen LogP contribution in [0.15, 0.2) is 122 Å². The van der Waals surface area contributed by atoms with Crippen LogP contribution in [0.5, 0.6) is 5.75 Å². The molecule has 6 rings (SSSR count). The average molecular weight is 583 g/mol. The number of methoxy groups -OCH3 is 1. The molecule has 218 valence electrons. The molecule has 0 saturated carbocycles. The summed E-state index contributed by atoms with van der Waals surface area (Å²) in [5.74, 6) is 0.0865. The molecule has 0 saturated heterocycles. The molecule has 0 radical (unpaired) electrons. The van der Waals surface area contributed by atoms with Gasteiger partial charge in [-0.05, 0) is 54.1 Å². The lowest BCUT2D eigenvalue weighted by molar-refractivity contribution is -0.120. The highest BCUT2D eigenvalue weighted by Gasteiger charge is 2.26. The van der Waals surface area contributed by atoms with Crippen molar-refractivity contribution in [2.45, 2.75) is 12.5 Å². The Hall–Kier alpha value is -5.83. The van der Waals surface area contributed by atoms with Crippen LogP contribution in [0.1, 0.15) is 15.9 Å². The minimum Gasteiger partial charge on any atom is -0.497 e. The Bertz CT molecular complexity index is 1920. The van der Waals surface area contributed by atoms with E-state index in [1.165, 1.54) is 0 Å². The predicted molar refractivity (Wildman–Crippen MR) is 170 cm³/mol. The number of para-hydroxylation sites is 1. The Kier molecular flexibility index (Phi) is 8.09. The van der Waals surface area contributed by atoms with Gasteiger partial charge in [0.2, 0.25) is 5.91 Å². The number of hydrogen-bond acceptors (Lipinski definition) is 6. The van der Waals surface area contributed by atoms with E-state index < -0.39 is 6.04 Å². The zero-order valence-corrected chi connectivity index (χ0v) is 24.3. The zero-order chi connectivity index (χ0) is 30.5. The highest BCUT2D eigenvalue weighted by Crippen LogP contribution is 2.22. The van der Waals surface area contributed by atoms with Gasteiger partial charge in [0.1, 0.15) is 17.5 Å². The number of ether oxygens (including phenoxy) is 1. The first-order chi connectivity index (χ1) is 21.5. The molecule has 1 atom stereocenters. The van der Waals surface area contributed by atoms with Gasteiger partial charge in [-0.25, -0.2) is 4.68 Å². The van der Waals surface area contributed by atoms with Crippen LogP contribution in [0.25, 0.3) is 27.8 Å². The van der Waals surface area contributed by atoms with Crippen molar-refractivity contribution >= 4 is 28.4 Å². The molecular weight excluding hydrogens is 552 g/mol. The van der Waals surface area contributed by atoms with Gasteiger partial charge in [-0.3, -0.25) is 14.6 Å². The number of fused-ring (bicyclic) bond motifs is 1. The molecule has 9 heteroatoms. The Balaban J connectivity index is 1.23. The Labute approximate surface area is 254 Å². The maximum absolute atomic E-state index is 13.7. The highest BCUT2D eigenvalue weighted by molar-refractivity contribution is 6.02. The lowest BCUT2D eigenvalue weighted by atomic mass is 10.0. The Morgan fingerprint density at radius 2 is 1.68 bits per heavy atom. The van der Waals surface area contributed by atoms with E-state index in [1.54, 1.807) is 66.5 Å². The second-order valence-electron chi connectivity index (χ2n) is 10.3. The minimum atomic E-state index is -0.804. The summed E-state index contributed by atoms with van der Waals surface area (Å²) < 4.78 is 6.90. The molecule has 1 N–H and O–H groups in total. The molecule has 2 aromatic heterocycles. The number of likely N-dealkylation sites (N-methyl/N-ethyl adjacent to an activating group) is 1. The number of amides is 2. The van der Waals surface area contributed by atoms with Crippen LogP contribution in [-0.4, -0.2) is 52.0 Å². The second-order valence-corrected chi connectivity index (χ2v) is 10.3. The maximum atomic E-state index is 13.7. The molecule has 0 fully saturated rings. The third kappa shape index (κ3) is 6.17. The predicted octanol–water partition coefficient (Wildman–Crippen LogP) is 5.50. The van der Waals surface area contributed by atoms with Gasteiger partial charge < -0.3 is 15.0 Å². The number of carbonyl (C=O) groups is 2. The van der Waals surface area contributed by atoms with Crippen molar-refractivity contribution in [3.63, 3.8) is 0 Å². The summed E-state index contributed by atoms with van der Waals surface area (Å²) >= 11 is 0. The lowest BCUT2D eigenvalue weighted by Gasteiger charge is -2.25. The molecule has 4 aromatic carbocycles. The Morgan fingerprint density at radius 1 is 0.909 bits per heavy atom. The first-order valence-electron chi connectivity index (χ1n) is 14.1. The van der Waals surface area contributed by atoms with Gasteiger partial charge in [-0.2, -0.15) is 0 Å². The van der Waals surface area contributed by atoms with Crippen LogP contribution in [0.3, 0.4) is 0 Å². The topological polar surface area (TPSA) is 102 Å². The number of pyridine rings is 1. The summed E-state index contributed by atoms with van der Waals surface area (Å²) in [5.41, 5.74) is 5.03. The summed E-state index contributed by atoms with van der Waals surface area (Å²) in [6, 6.07) is 33.0. The van der Waals surface area contributed by atoms with E-state index >= 15 is 0 Å². The third-order valence-electron chi connectivity index (χ3n) is 7.43. The number of anilines is 1. The molecule has 9 nitrogen and oxygen atoms in total. The lowest BCUT2D eigenvalue weighted by Crippen LogP contribution is -2.48. The van der Waals surface area contributed by atoms with E-state index in [4.69, 9.17) is 4.74 Å². The first kappa shape index (κ1) is 28.3. The molecule has 0 aliphatic rings. The van der Waals surface area contributed by atoms with Crippen molar-refractivity contribution in [3.8, 4) is 22.7 Å². The number of benzene rings is 4. The number of carbonyl (C=O) groups excluding carboxylic acids is 2. The van der Waals surface area contributed by atoms with Crippen molar-refractivity contribution in [3.05, 3.63) is 133 Å². The standard InChI is InChI=1S/C35H30N6O3/c1-40(28-15-17-30(44-2)18-16-28)35(43)32(19-24-9-4-3-5-10-24)37-34(42)27-13-8-12-25(20-27)33-23-41(39-38-33)29-21-26-11-6-7-14-31(26)36-22-29/h3-18,20-23,32H,19H2,1-2H3,(H,37,42)/t32-/m0/s1. The molecule has 44 heavy (non-hydrogen) atoms. The number of rotatable bonds is 9. The maximum Gasteiger partial charge on any atom is 0.251 e. The molecule has 6 aromatic rings. The van der Waals surface area contributed by atoms with E-state index in [0.29, 0.717) is 29.1 Å². The van der Waals surface area contributed by atoms with E-state index in [1.807, 2.05) is 78.9 Å². The van der Waals surface area contributed by atoms with Crippen LogP contribution in [-0.2, 0) is 11.2 Å². The van der Waals surface area contributed by atoms with Gasteiger partial charge in [0, 0.05) is 35.7 Å². The van der Waals surface area contributed by atoms with Crippen LogP contribution in [0.4, 0.5) is 5.69 Å². The Morgan fingerprint density at radius 3 is 2.48 bits per heavy atom. The number of aromatic nitrogens is 4. The second kappa shape index (κ2) is 12.6. The summed E-state index contributed by atoms with van der Waals surface area (Å²) in [5, 5.41) is 12.6. The fourth-order valence-electron chi connectivity index (χ4n) is 4.99. The van der Waals surface area contributed by atoms with Crippen molar-refractivity contribution < 1.29 is 14.3 Å². The minimum absolute atomic E-state index is 0.240. The molecule has 0 unspecified atom stereocenters. The largest absolute Gasteiger partial charge is 0.497 e. The smallest absolute Gasteiger partial charge is 0.251 e. The van der Waals surface area contributed by atoms with Crippen molar-refractivity contribution in [2.24, 2.45) is 0 Å². The van der Waals surface area contributed by atoms with Crippen molar-refractivity contribution in [1.82, 2.24) is 25.3 Å². The molecule has 2 amide bonds. The zero-order valence-electron chi connectivity index (χ0n) is 24.3. The molecule has 0 bridgehead atoms. The van der Waals surface area contributed by atoms with E-state index in [-0.39, 0.29) is 11.8 Å². The molecule has 2 heterocycles. The molecular formula is C35H30N6O3. The van der Waals surface area contributed by atoms with E-state index in [9.17, 15) is 9.59 Å². The van der Waals surface area contributed by atoms with E-state index in [2.05, 4.69) is 20.6 Å². The monoisotopic (exact) mass is 582 g/mol. The van der Waals surface area contributed by atoms with Gasteiger partial charge in [0.05, 0.1) is 30.7 Å². The summed E-state index contributed by atoms with van der Waals surface area (Å²) in [4.78, 5) is 33.4. The van der Waals surface area contributed by atoms with Crippen LogP contribution >= 0.6 is 0 Å². The third-order valence-corrected chi connectivity index (χ3v) is 7.43. The van der Waals surface area contributed by atoms with Gasteiger partial charge in [-0.15, -0.1) is 5.10 Å². The van der Waals surface area contributed by atoms with Crippen molar-refractivity contribution in [1.29, 1.82) is 0 Å². The van der Waals surface area contributed by atoms with Gasteiger partial charge in [-0.1, -0.05) is 65.9 Å². The summed E-state index contributed by atoms with van der Waals surface area (Å²) in [6.45, 7) is 0. The van der Waals surface area contributed by atoms with E-state index in [0.717, 1.165) is 27.7 Å². The van der Waals surface area contributed by atoms with Crippen molar-refractivity contribution in [2.75, 3.05) is 19.1 Å². The van der Waals surface area contributed by atoms with Gasteiger partial charge >= 0.3 is 0 Å². The SMILES string of the molecule is COc1ccc(N(C)C(=O)[C@H](Cc2ccccc2)NC(=O)c2cccc(-c3cn(-c4cnc5ccccc5c4)nn3)c2)cc1. The van der Waals surface area contributed by atoms with Crippen LogP contribution < -0.4 is 15.0 Å². The molecule has 0 aliphatic heterocycles. The average Bonchev–Trinajstić information content (AvgIpc) is 3.58. The van der Waals surface area contributed by atoms with Gasteiger partial charge in [0.25, 0.3) is 5.91 Å². The summed E-state index contributed by atoms with van der Waals surface area (Å²) in [7, 11) is 3.29.